The molecule has 192 valence electrons. The van der Waals surface area contributed by atoms with E-state index in [1.54, 1.807) is 17.6 Å². The SMILES string of the molecule is CC(C)c1ccc(S(=O)(=O)NC(=O)c2noc([C@H](CCCC3CCCCC3)CC(=O)NO)n2)cc1. The molecule has 0 spiro atoms. The second-order valence-electron chi connectivity index (χ2n) is 9.49. The number of hydrogen-bond acceptors (Lipinski definition) is 8. The van der Waals surface area contributed by atoms with Crippen LogP contribution in [0, 0.1) is 5.92 Å². The molecule has 10 nitrogen and oxygen atoms in total. The molecule has 0 saturated heterocycles. The van der Waals surface area contributed by atoms with Crippen molar-refractivity contribution in [1.82, 2.24) is 20.3 Å². The lowest BCUT2D eigenvalue weighted by Gasteiger charge is -2.22. The minimum Gasteiger partial charge on any atom is -0.338 e. The first-order valence-corrected chi connectivity index (χ1v) is 13.6. The van der Waals surface area contributed by atoms with E-state index >= 15 is 0 Å². The Kier molecular flexibility index (Phi) is 9.39. The Bertz CT molecular complexity index is 1090. The molecule has 3 N–H and O–H groups in total. The van der Waals surface area contributed by atoms with Crippen LogP contribution >= 0.6 is 0 Å². The number of hydrogen-bond donors (Lipinski definition) is 3. The normalized spacial score (nSPS) is 15.7. The molecule has 1 aromatic carbocycles. The van der Waals surface area contributed by atoms with Gasteiger partial charge in [-0.05, 0) is 36.0 Å². The van der Waals surface area contributed by atoms with Crippen LogP contribution in [0.3, 0.4) is 0 Å². The summed E-state index contributed by atoms with van der Waals surface area (Å²) in [7, 11) is -4.13. The molecule has 35 heavy (non-hydrogen) atoms. The molecule has 1 saturated carbocycles. The van der Waals surface area contributed by atoms with Gasteiger partial charge in [-0.15, -0.1) is 0 Å². The number of aromatic nitrogens is 2. The number of hydroxylamine groups is 1. The Labute approximate surface area is 205 Å². The van der Waals surface area contributed by atoms with Gasteiger partial charge in [-0.1, -0.05) is 76.1 Å². The van der Waals surface area contributed by atoms with Gasteiger partial charge in [0.25, 0.3) is 15.8 Å². The maximum absolute atomic E-state index is 12.6. The van der Waals surface area contributed by atoms with Crippen molar-refractivity contribution in [2.75, 3.05) is 0 Å². The molecular weight excluding hydrogens is 472 g/mol. The Hall–Kier alpha value is -2.79. The summed E-state index contributed by atoms with van der Waals surface area (Å²) in [5.41, 5.74) is 2.58. The Morgan fingerprint density at radius 3 is 2.46 bits per heavy atom. The number of nitrogens with one attached hydrogen (secondary N) is 2. The average Bonchev–Trinajstić information content (AvgIpc) is 3.34. The van der Waals surface area contributed by atoms with Gasteiger partial charge in [-0.2, -0.15) is 4.98 Å². The number of carbonyl (C=O) groups is 2. The lowest BCUT2D eigenvalue weighted by molar-refractivity contribution is -0.129. The maximum atomic E-state index is 12.6. The van der Waals surface area contributed by atoms with Crippen LogP contribution in [0.1, 0.15) is 106 Å². The molecule has 1 fully saturated rings. The van der Waals surface area contributed by atoms with Crippen molar-refractivity contribution in [3.05, 3.63) is 41.5 Å². The molecule has 1 heterocycles. The highest BCUT2D eigenvalue weighted by Crippen LogP contribution is 2.31. The minimum absolute atomic E-state index is 0.0563. The molecule has 2 amide bonds. The number of rotatable bonds is 11. The van der Waals surface area contributed by atoms with Crippen LogP contribution in [-0.2, 0) is 14.8 Å². The largest absolute Gasteiger partial charge is 0.338 e. The van der Waals surface area contributed by atoms with Gasteiger partial charge in [-0.3, -0.25) is 14.8 Å². The zero-order valence-corrected chi connectivity index (χ0v) is 21.0. The van der Waals surface area contributed by atoms with Crippen LogP contribution in [0.15, 0.2) is 33.7 Å². The molecule has 11 heteroatoms. The first-order chi connectivity index (χ1) is 16.7. The van der Waals surface area contributed by atoms with Crippen molar-refractivity contribution in [2.45, 2.75) is 88.4 Å². The van der Waals surface area contributed by atoms with Gasteiger partial charge < -0.3 is 4.52 Å². The molecule has 1 atom stereocenters. The summed E-state index contributed by atoms with van der Waals surface area (Å²) >= 11 is 0. The predicted molar refractivity (Wildman–Crippen MR) is 127 cm³/mol. The summed E-state index contributed by atoms with van der Waals surface area (Å²) in [5.74, 6) is -1.61. The average molecular weight is 507 g/mol. The van der Waals surface area contributed by atoms with E-state index in [0.29, 0.717) is 12.3 Å². The van der Waals surface area contributed by atoms with Gasteiger partial charge in [0.1, 0.15) is 0 Å². The van der Waals surface area contributed by atoms with Crippen molar-refractivity contribution in [1.29, 1.82) is 0 Å². The Morgan fingerprint density at radius 2 is 1.83 bits per heavy atom. The van der Waals surface area contributed by atoms with Crippen molar-refractivity contribution in [3.63, 3.8) is 0 Å². The second kappa shape index (κ2) is 12.3. The van der Waals surface area contributed by atoms with Gasteiger partial charge in [0.2, 0.25) is 11.8 Å². The van der Waals surface area contributed by atoms with Gasteiger partial charge in [0.15, 0.2) is 0 Å². The van der Waals surface area contributed by atoms with E-state index < -0.39 is 33.6 Å². The molecule has 3 rings (SSSR count). The summed E-state index contributed by atoms with van der Waals surface area (Å²) in [6.45, 7) is 3.99. The van der Waals surface area contributed by atoms with Crippen molar-refractivity contribution >= 4 is 21.8 Å². The lowest BCUT2D eigenvalue weighted by Crippen LogP contribution is -2.31. The van der Waals surface area contributed by atoms with Gasteiger partial charge in [-0.25, -0.2) is 18.6 Å². The highest BCUT2D eigenvalue weighted by atomic mass is 32.2. The number of amides is 2. The fourth-order valence-corrected chi connectivity index (χ4v) is 5.41. The van der Waals surface area contributed by atoms with Crippen molar-refractivity contribution in [2.24, 2.45) is 5.92 Å². The number of carbonyl (C=O) groups excluding carboxylic acids is 2. The lowest BCUT2D eigenvalue weighted by atomic mass is 9.84. The predicted octanol–water partition coefficient (Wildman–Crippen LogP) is 4.04. The molecule has 1 aliphatic rings. The first kappa shape index (κ1) is 26.8. The van der Waals surface area contributed by atoms with Crippen LogP contribution in [-0.4, -0.2) is 35.6 Å². The van der Waals surface area contributed by atoms with Crippen molar-refractivity contribution in [3.8, 4) is 0 Å². The van der Waals surface area contributed by atoms with Crippen LogP contribution < -0.4 is 10.2 Å². The highest BCUT2D eigenvalue weighted by molar-refractivity contribution is 7.90. The van der Waals surface area contributed by atoms with E-state index in [0.717, 1.165) is 18.4 Å². The quantitative estimate of drug-likeness (QED) is 0.305. The first-order valence-electron chi connectivity index (χ1n) is 12.1. The standard InChI is InChI=1S/C24H34N4O6S/c1-16(2)18-11-13-20(14-12-18)35(32,33)28-23(30)22-25-24(34-27-22)19(15-21(29)26-31)10-6-9-17-7-4-3-5-8-17/h11-14,16-17,19,31H,3-10,15H2,1-2H3,(H,26,29)(H,28,30)/t19-/m1/s1. The Balaban J connectivity index is 1.65. The monoisotopic (exact) mass is 506 g/mol. The number of benzene rings is 1. The maximum Gasteiger partial charge on any atom is 0.306 e. The summed E-state index contributed by atoms with van der Waals surface area (Å²) in [6, 6.07) is 6.26. The van der Waals surface area contributed by atoms with E-state index in [-0.39, 0.29) is 23.1 Å². The topological polar surface area (TPSA) is 151 Å². The van der Waals surface area contributed by atoms with Gasteiger partial charge in [0.05, 0.1) is 4.90 Å². The summed E-state index contributed by atoms with van der Waals surface area (Å²) in [6.07, 6.45) is 8.51. The summed E-state index contributed by atoms with van der Waals surface area (Å²) in [4.78, 5) is 28.4. The fourth-order valence-electron chi connectivity index (χ4n) is 4.46. The molecule has 0 unspecified atom stereocenters. The van der Waals surface area contributed by atoms with E-state index in [2.05, 4.69) is 10.1 Å². The molecule has 0 aliphatic heterocycles. The molecular formula is C24H34N4O6S. The van der Waals surface area contributed by atoms with E-state index in [4.69, 9.17) is 9.73 Å². The zero-order chi connectivity index (χ0) is 25.4. The summed E-state index contributed by atoms with van der Waals surface area (Å²) in [5, 5.41) is 12.6. The molecule has 0 bridgehead atoms. The van der Waals surface area contributed by atoms with Crippen LogP contribution in [0.5, 0.6) is 0 Å². The fraction of sp³-hybridized carbons (Fsp3) is 0.583. The second-order valence-corrected chi connectivity index (χ2v) is 11.2. The minimum atomic E-state index is -4.13. The molecule has 1 aliphatic carbocycles. The molecule has 2 aromatic rings. The van der Waals surface area contributed by atoms with Crippen LogP contribution in [0.25, 0.3) is 0 Å². The van der Waals surface area contributed by atoms with E-state index in [1.165, 1.54) is 44.2 Å². The van der Waals surface area contributed by atoms with Crippen molar-refractivity contribution < 1.29 is 27.7 Å². The van der Waals surface area contributed by atoms with E-state index in [9.17, 15) is 18.0 Å². The van der Waals surface area contributed by atoms with Crippen LogP contribution in [0.2, 0.25) is 0 Å². The molecule has 1 aromatic heterocycles. The molecule has 0 radical (unpaired) electrons. The zero-order valence-electron chi connectivity index (χ0n) is 20.2. The third kappa shape index (κ3) is 7.60. The Morgan fingerprint density at radius 1 is 1.14 bits per heavy atom. The third-order valence-electron chi connectivity index (χ3n) is 6.52. The van der Waals surface area contributed by atoms with Crippen LogP contribution in [0.4, 0.5) is 0 Å². The van der Waals surface area contributed by atoms with E-state index in [1.807, 2.05) is 18.6 Å². The summed E-state index contributed by atoms with van der Waals surface area (Å²) < 4.78 is 32.4. The third-order valence-corrected chi connectivity index (χ3v) is 7.87. The van der Waals surface area contributed by atoms with Gasteiger partial charge >= 0.3 is 5.91 Å². The highest BCUT2D eigenvalue weighted by Gasteiger charge is 2.27. The smallest absolute Gasteiger partial charge is 0.306 e. The van der Waals surface area contributed by atoms with Gasteiger partial charge in [0, 0.05) is 12.3 Å². The number of nitrogens with zero attached hydrogens (tertiary/aromatic N) is 2. The number of sulfonamides is 1.